The molecule has 2 aromatic carbocycles. The van der Waals surface area contributed by atoms with Crippen molar-refractivity contribution in [1.29, 1.82) is 0 Å². The van der Waals surface area contributed by atoms with Gasteiger partial charge in [-0.1, -0.05) is 60.7 Å². The van der Waals surface area contributed by atoms with Crippen molar-refractivity contribution in [2.45, 2.75) is 5.75 Å². The Hall–Kier alpha value is -2.00. The number of H-pyrrole nitrogens is 1. The first kappa shape index (κ1) is 13.0. The van der Waals surface area contributed by atoms with Crippen molar-refractivity contribution in [3.63, 3.8) is 0 Å². The zero-order valence-electron chi connectivity index (χ0n) is 11.3. The average molecular weight is 280 g/mol. The lowest BCUT2D eigenvalue weighted by molar-refractivity contribution is 1.10. The molecule has 100 valence electrons. The maximum absolute atomic E-state index is 4.54. The van der Waals surface area contributed by atoms with Gasteiger partial charge in [-0.05, 0) is 11.8 Å². The van der Waals surface area contributed by atoms with E-state index in [1.54, 1.807) is 0 Å². The van der Waals surface area contributed by atoms with Crippen molar-refractivity contribution < 1.29 is 0 Å². The Morgan fingerprint density at radius 3 is 2.10 bits per heavy atom. The second-order valence-electron chi connectivity index (χ2n) is 4.59. The van der Waals surface area contributed by atoms with Crippen molar-refractivity contribution in [3.8, 4) is 22.5 Å². The molecule has 0 bridgehead atoms. The minimum atomic E-state index is 0.949. The summed E-state index contributed by atoms with van der Waals surface area (Å²) in [6, 6.07) is 20.7. The Morgan fingerprint density at radius 1 is 0.900 bits per heavy atom. The van der Waals surface area contributed by atoms with Crippen LogP contribution in [0.4, 0.5) is 0 Å². The molecular formula is C17H16N2S. The predicted octanol–water partition coefficient (Wildman–Crippen LogP) is 4.61. The average Bonchev–Trinajstić information content (AvgIpc) is 2.93. The van der Waals surface area contributed by atoms with E-state index in [1.807, 2.05) is 23.9 Å². The molecule has 3 heteroatoms. The van der Waals surface area contributed by atoms with Crippen LogP contribution in [0.15, 0.2) is 60.7 Å². The number of hydrogen-bond donors (Lipinski definition) is 1. The molecule has 1 aromatic heterocycles. The largest absolute Gasteiger partial charge is 0.277 e. The zero-order chi connectivity index (χ0) is 13.8. The molecule has 0 amide bonds. The van der Waals surface area contributed by atoms with Crippen LogP contribution in [-0.2, 0) is 5.75 Å². The van der Waals surface area contributed by atoms with Gasteiger partial charge in [0.15, 0.2) is 0 Å². The van der Waals surface area contributed by atoms with Crippen LogP contribution < -0.4 is 0 Å². The molecule has 0 fully saturated rings. The molecule has 0 radical (unpaired) electrons. The molecule has 0 saturated heterocycles. The number of hydrogen-bond acceptors (Lipinski definition) is 2. The number of nitrogens with one attached hydrogen (secondary N) is 1. The van der Waals surface area contributed by atoms with E-state index in [4.69, 9.17) is 0 Å². The SMILES string of the molecule is CSCc1c(-c2ccccc2)n[nH]c1-c1ccccc1. The topological polar surface area (TPSA) is 28.7 Å². The normalized spacial score (nSPS) is 10.7. The van der Waals surface area contributed by atoms with Gasteiger partial charge in [-0.2, -0.15) is 16.9 Å². The Morgan fingerprint density at radius 2 is 1.50 bits per heavy atom. The quantitative estimate of drug-likeness (QED) is 0.756. The number of aromatic amines is 1. The standard InChI is InChI=1S/C17H16N2S/c1-20-12-15-16(13-8-4-2-5-9-13)18-19-17(15)14-10-6-3-7-11-14/h2-11H,12H2,1H3,(H,18,19). The lowest BCUT2D eigenvalue weighted by Gasteiger charge is -2.05. The van der Waals surface area contributed by atoms with Crippen LogP contribution >= 0.6 is 11.8 Å². The van der Waals surface area contributed by atoms with Crippen molar-refractivity contribution >= 4 is 11.8 Å². The van der Waals surface area contributed by atoms with E-state index < -0.39 is 0 Å². The summed E-state index contributed by atoms with van der Waals surface area (Å²) in [4.78, 5) is 0. The van der Waals surface area contributed by atoms with Crippen LogP contribution in [0.5, 0.6) is 0 Å². The summed E-state index contributed by atoms with van der Waals surface area (Å²) in [5, 5.41) is 7.75. The van der Waals surface area contributed by atoms with Crippen LogP contribution in [-0.4, -0.2) is 16.5 Å². The Bertz CT molecular complexity index is 618. The molecule has 0 spiro atoms. The van der Waals surface area contributed by atoms with Gasteiger partial charge in [-0.15, -0.1) is 0 Å². The molecule has 0 aliphatic rings. The summed E-state index contributed by atoms with van der Waals surface area (Å²) in [6.45, 7) is 0. The molecule has 3 aromatic rings. The summed E-state index contributed by atoms with van der Waals surface area (Å²) in [7, 11) is 0. The summed E-state index contributed by atoms with van der Waals surface area (Å²) >= 11 is 1.82. The number of aromatic nitrogens is 2. The molecule has 1 N–H and O–H groups in total. The molecule has 0 atom stereocenters. The molecule has 20 heavy (non-hydrogen) atoms. The first-order chi connectivity index (χ1) is 9.90. The highest BCUT2D eigenvalue weighted by atomic mass is 32.2. The zero-order valence-corrected chi connectivity index (χ0v) is 12.2. The van der Waals surface area contributed by atoms with E-state index in [0.717, 1.165) is 22.7 Å². The molecule has 0 unspecified atom stereocenters. The van der Waals surface area contributed by atoms with Gasteiger partial charge in [0, 0.05) is 16.9 Å². The third-order valence-electron chi connectivity index (χ3n) is 3.27. The third-order valence-corrected chi connectivity index (χ3v) is 3.84. The number of thioether (sulfide) groups is 1. The van der Waals surface area contributed by atoms with Gasteiger partial charge in [0.2, 0.25) is 0 Å². The van der Waals surface area contributed by atoms with Crippen LogP contribution in [0.25, 0.3) is 22.5 Å². The van der Waals surface area contributed by atoms with E-state index in [-0.39, 0.29) is 0 Å². The highest BCUT2D eigenvalue weighted by Crippen LogP contribution is 2.32. The third kappa shape index (κ3) is 2.49. The Balaban J connectivity index is 2.12. The van der Waals surface area contributed by atoms with E-state index >= 15 is 0 Å². The second kappa shape index (κ2) is 5.97. The molecule has 0 saturated carbocycles. The maximum atomic E-state index is 4.54. The minimum Gasteiger partial charge on any atom is -0.277 e. The minimum absolute atomic E-state index is 0.949. The smallest absolute Gasteiger partial charge is 0.0967 e. The fourth-order valence-corrected chi connectivity index (χ4v) is 2.90. The van der Waals surface area contributed by atoms with E-state index in [0.29, 0.717) is 0 Å². The number of rotatable bonds is 4. The number of benzene rings is 2. The van der Waals surface area contributed by atoms with E-state index in [1.165, 1.54) is 11.1 Å². The van der Waals surface area contributed by atoms with Crippen LogP contribution in [0.3, 0.4) is 0 Å². The Kier molecular flexibility index (Phi) is 3.88. The summed E-state index contributed by atoms with van der Waals surface area (Å²) < 4.78 is 0. The van der Waals surface area contributed by atoms with Crippen molar-refractivity contribution in [2.75, 3.05) is 6.26 Å². The van der Waals surface area contributed by atoms with Gasteiger partial charge in [-0.25, -0.2) is 0 Å². The predicted molar refractivity (Wildman–Crippen MR) is 86.7 cm³/mol. The lowest BCUT2D eigenvalue weighted by atomic mass is 10.0. The Labute approximate surface area is 123 Å². The fraction of sp³-hybridized carbons (Fsp3) is 0.118. The molecule has 0 aliphatic heterocycles. The van der Waals surface area contributed by atoms with Gasteiger partial charge < -0.3 is 0 Å². The molecule has 0 aliphatic carbocycles. The molecule has 1 heterocycles. The van der Waals surface area contributed by atoms with Crippen molar-refractivity contribution in [3.05, 3.63) is 66.2 Å². The van der Waals surface area contributed by atoms with Gasteiger partial charge in [0.25, 0.3) is 0 Å². The molecular weight excluding hydrogens is 264 g/mol. The lowest BCUT2D eigenvalue weighted by Crippen LogP contribution is -1.87. The van der Waals surface area contributed by atoms with Gasteiger partial charge in [0.1, 0.15) is 0 Å². The summed E-state index contributed by atoms with van der Waals surface area (Å²) in [5.74, 6) is 0.949. The van der Waals surface area contributed by atoms with Crippen molar-refractivity contribution in [2.24, 2.45) is 0 Å². The van der Waals surface area contributed by atoms with Gasteiger partial charge in [-0.3, -0.25) is 5.10 Å². The highest BCUT2D eigenvalue weighted by Gasteiger charge is 2.15. The number of nitrogens with zero attached hydrogens (tertiary/aromatic N) is 1. The van der Waals surface area contributed by atoms with Gasteiger partial charge in [0.05, 0.1) is 11.4 Å². The molecule has 3 rings (SSSR count). The molecule has 2 nitrogen and oxygen atoms in total. The van der Waals surface area contributed by atoms with E-state index in [9.17, 15) is 0 Å². The summed E-state index contributed by atoms with van der Waals surface area (Å²) in [6.07, 6.45) is 2.12. The maximum Gasteiger partial charge on any atom is 0.0967 e. The highest BCUT2D eigenvalue weighted by molar-refractivity contribution is 7.97. The summed E-state index contributed by atoms with van der Waals surface area (Å²) in [5.41, 5.74) is 5.80. The van der Waals surface area contributed by atoms with Crippen molar-refractivity contribution in [1.82, 2.24) is 10.2 Å². The first-order valence-corrected chi connectivity index (χ1v) is 7.96. The van der Waals surface area contributed by atoms with Gasteiger partial charge >= 0.3 is 0 Å². The monoisotopic (exact) mass is 280 g/mol. The van der Waals surface area contributed by atoms with Crippen LogP contribution in [0.1, 0.15) is 5.56 Å². The first-order valence-electron chi connectivity index (χ1n) is 6.57. The van der Waals surface area contributed by atoms with E-state index in [2.05, 4.69) is 65.0 Å². The second-order valence-corrected chi connectivity index (χ2v) is 5.46. The van der Waals surface area contributed by atoms with Crippen LogP contribution in [0.2, 0.25) is 0 Å². The fourth-order valence-electron chi connectivity index (χ4n) is 2.33. The van der Waals surface area contributed by atoms with Crippen LogP contribution in [0, 0.1) is 0 Å².